The van der Waals surface area contributed by atoms with E-state index >= 15 is 0 Å². The summed E-state index contributed by atoms with van der Waals surface area (Å²) in [6, 6.07) is 3.41. The van der Waals surface area contributed by atoms with Crippen molar-refractivity contribution in [2.24, 2.45) is 17.6 Å². The molecule has 168 valence electrons. The highest BCUT2D eigenvalue weighted by Gasteiger charge is 2.38. The molecular formula is C22H29FN4O4. The monoisotopic (exact) mass is 432 g/mol. The van der Waals surface area contributed by atoms with Gasteiger partial charge in [-0.3, -0.25) is 19.2 Å². The van der Waals surface area contributed by atoms with Crippen LogP contribution in [-0.4, -0.2) is 55.2 Å². The number of benzene rings is 1. The Kier molecular flexibility index (Phi) is 6.92. The maximum absolute atomic E-state index is 14.8. The minimum atomic E-state index is -0.749. The van der Waals surface area contributed by atoms with E-state index < -0.39 is 29.6 Å². The van der Waals surface area contributed by atoms with Gasteiger partial charge in [0.15, 0.2) is 0 Å². The summed E-state index contributed by atoms with van der Waals surface area (Å²) in [5.41, 5.74) is 5.74. The Morgan fingerprint density at radius 2 is 1.94 bits per heavy atom. The number of rotatable bonds is 5. The molecule has 0 bridgehead atoms. The van der Waals surface area contributed by atoms with Crippen molar-refractivity contribution in [2.45, 2.75) is 44.6 Å². The number of nitrogens with one attached hydrogen (secondary N) is 1. The molecule has 0 spiro atoms. The smallest absolute Gasteiger partial charge is 0.254 e. The van der Waals surface area contributed by atoms with Gasteiger partial charge in [-0.2, -0.15) is 0 Å². The summed E-state index contributed by atoms with van der Waals surface area (Å²) in [6.45, 7) is 0.521. The Hall–Kier alpha value is -2.97. The van der Waals surface area contributed by atoms with E-state index in [1.165, 1.54) is 21.9 Å². The Labute approximate surface area is 180 Å². The minimum Gasteiger partial charge on any atom is -0.369 e. The van der Waals surface area contributed by atoms with Crippen LogP contribution in [0.15, 0.2) is 18.2 Å². The SMILES string of the molecule is CN(C)C(=O)C1CCC(C(N)=O)C(NC(=O)c2ccc(N3CCCCC3=O)cc2F)C1. The zero-order chi connectivity index (χ0) is 22.7. The largest absolute Gasteiger partial charge is 0.369 e. The molecule has 31 heavy (non-hydrogen) atoms. The lowest BCUT2D eigenvalue weighted by molar-refractivity contribution is -0.136. The third-order valence-corrected chi connectivity index (χ3v) is 6.15. The predicted molar refractivity (Wildman–Crippen MR) is 113 cm³/mol. The van der Waals surface area contributed by atoms with Crippen LogP contribution in [0.1, 0.15) is 48.9 Å². The molecule has 0 radical (unpaired) electrons. The van der Waals surface area contributed by atoms with Crippen LogP contribution in [0.3, 0.4) is 0 Å². The summed E-state index contributed by atoms with van der Waals surface area (Å²) in [7, 11) is 3.31. The van der Waals surface area contributed by atoms with Crippen LogP contribution in [0, 0.1) is 17.7 Å². The van der Waals surface area contributed by atoms with Crippen molar-refractivity contribution in [1.29, 1.82) is 0 Å². The Morgan fingerprint density at radius 1 is 1.19 bits per heavy atom. The zero-order valence-corrected chi connectivity index (χ0v) is 17.9. The number of hydrogen-bond acceptors (Lipinski definition) is 4. The predicted octanol–water partition coefficient (Wildman–Crippen LogP) is 1.43. The summed E-state index contributed by atoms with van der Waals surface area (Å²) in [5, 5.41) is 2.71. The molecule has 1 saturated carbocycles. The van der Waals surface area contributed by atoms with E-state index in [0.717, 1.165) is 12.8 Å². The molecule has 1 aromatic rings. The normalized spacial score (nSPS) is 23.9. The van der Waals surface area contributed by atoms with E-state index in [9.17, 15) is 23.6 Å². The Morgan fingerprint density at radius 3 is 2.55 bits per heavy atom. The second-order valence-corrected chi connectivity index (χ2v) is 8.50. The maximum Gasteiger partial charge on any atom is 0.254 e. The Balaban J connectivity index is 1.75. The summed E-state index contributed by atoms with van der Waals surface area (Å²) in [5.74, 6) is -3.09. The number of carbonyl (C=O) groups is 4. The first kappa shape index (κ1) is 22.7. The van der Waals surface area contributed by atoms with Gasteiger partial charge in [0.25, 0.3) is 5.91 Å². The van der Waals surface area contributed by atoms with Gasteiger partial charge in [-0.15, -0.1) is 0 Å². The maximum atomic E-state index is 14.8. The first-order chi connectivity index (χ1) is 14.7. The molecule has 2 fully saturated rings. The average molecular weight is 432 g/mol. The van der Waals surface area contributed by atoms with Crippen molar-refractivity contribution in [3.63, 3.8) is 0 Å². The molecule has 0 aromatic heterocycles. The number of amides is 4. The molecule has 3 atom stereocenters. The minimum absolute atomic E-state index is 0.0639. The van der Waals surface area contributed by atoms with Crippen LogP contribution in [0.4, 0.5) is 10.1 Å². The van der Waals surface area contributed by atoms with E-state index in [2.05, 4.69) is 5.32 Å². The fourth-order valence-corrected chi connectivity index (χ4v) is 4.44. The van der Waals surface area contributed by atoms with Crippen molar-refractivity contribution >= 4 is 29.3 Å². The van der Waals surface area contributed by atoms with Gasteiger partial charge in [0.2, 0.25) is 17.7 Å². The van der Waals surface area contributed by atoms with Crippen molar-refractivity contribution in [1.82, 2.24) is 10.2 Å². The highest BCUT2D eigenvalue weighted by Crippen LogP contribution is 2.31. The molecule has 1 aromatic carbocycles. The van der Waals surface area contributed by atoms with Crippen LogP contribution in [-0.2, 0) is 14.4 Å². The zero-order valence-electron chi connectivity index (χ0n) is 17.9. The average Bonchev–Trinajstić information content (AvgIpc) is 2.73. The third kappa shape index (κ3) is 5.03. The number of anilines is 1. The molecule has 3 unspecified atom stereocenters. The molecule has 1 aliphatic carbocycles. The number of halogens is 1. The van der Waals surface area contributed by atoms with Gasteiger partial charge in [-0.25, -0.2) is 4.39 Å². The highest BCUT2D eigenvalue weighted by molar-refractivity contribution is 5.97. The van der Waals surface area contributed by atoms with E-state index in [4.69, 9.17) is 5.73 Å². The first-order valence-electron chi connectivity index (χ1n) is 10.6. The first-order valence-corrected chi connectivity index (χ1v) is 10.6. The fourth-order valence-electron chi connectivity index (χ4n) is 4.44. The van der Waals surface area contributed by atoms with Gasteiger partial charge in [0, 0.05) is 44.7 Å². The van der Waals surface area contributed by atoms with Gasteiger partial charge >= 0.3 is 0 Å². The lowest BCUT2D eigenvalue weighted by Crippen LogP contribution is -2.50. The number of carbonyl (C=O) groups excluding carboxylic acids is 4. The van der Waals surface area contributed by atoms with Gasteiger partial charge in [-0.1, -0.05) is 0 Å². The molecule has 3 rings (SSSR count). The number of hydrogen-bond donors (Lipinski definition) is 2. The highest BCUT2D eigenvalue weighted by atomic mass is 19.1. The van der Waals surface area contributed by atoms with E-state index in [1.807, 2.05) is 0 Å². The number of nitrogens with two attached hydrogens (primary N) is 1. The van der Waals surface area contributed by atoms with Crippen LogP contribution in [0.25, 0.3) is 0 Å². The van der Waals surface area contributed by atoms with Crippen LogP contribution in [0.2, 0.25) is 0 Å². The lowest BCUT2D eigenvalue weighted by atomic mass is 9.77. The fraction of sp³-hybridized carbons (Fsp3) is 0.545. The third-order valence-electron chi connectivity index (χ3n) is 6.15. The van der Waals surface area contributed by atoms with Gasteiger partial charge in [0.05, 0.1) is 11.5 Å². The van der Waals surface area contributed by atoms with Crippen molar-refractivity contribution in [2.75, 3.05) is 25.5 Å². The molecular weight excluding hydrogens is 403 g/mol. The second-order valence-electron chi connectivity index (χ2n) is 8.50. The molecule has 4 amide bonds. The number of piperidine rings is 1. The van der Waals surface area contributed by atoms with Crippen molar-refractivity contribution in [3.8, 4) is 0 Å². The summed E-state index contributed by atoms with van der Waals surface area (Å²) < 4.78 is 14.8. The van der Waals surface area contributed by atoms with Gasteiger partial charge in [-0.05, 0) is 50.3 Å². The number of nitrogens with zero attached hydrogens (tertiary/aromatic N) is 2. The molecule has 1 heterocycles. The Bertz CT molecular complexity index is 888. The van der Waals surface area contributed by atoms with Gasteiger partial charge < -0.3 is 20.9 Å². The molecule has 8 nitrogen and oxygen atoms in total. The molecule has 2 aliphatic rings. The van der Waals surface area contributed by atoms with E-state index in [-0.39, 0.29) is 29.7 Å². The van der Waals surface area contributed by atoms with Crippen LogP contribution >= 0.6 is 0 Å². The molecule has 1 saturated heterocycles. The van der Waals surface area contributed by atoms with Crippen molar-refractivity contribution in [3.05, 3.63) is 29.6 Å². The summed E-state index contributed by atoms with van der Waals surface area (Å²) in [4.78, 5) is 52.1. The molecule has 1 aliphatic heterocycles. The van der Waals surface area contributed by atoms with E-state index in [1.54, 1.807) is 20.2 Å². The standard InChI is InChI=1S/C22H29FN4O4/c1-26(2)22(31)13-6-8-16(20(24)29)18(11-13)25-21(30)15-9-7-14(12-17(15)23)27-10-4-3-5-19(27)28/h7,9,12-13,16,18H,3-6,8,10-11H2,1-2H3,(H2,24,29)(H,25,30). The van der Waals surface area contributed by atoms with Crippen LogP contribution in [0.5, 0.6) is 0 Å². The lowest BCUT2D eigenvalue weighted by Gasteiger charge is -2.35. The van der Waals surface area contributed by atoms with Crippen molar-refractivity contribution < 1.29 is 23.6 Å². The number of primary amides is 1. The summed E-state index contributed by atoms with van der Waals surface area (Å²) in [6.07, 6.45) is 3.23. The quantitative estimate of drug-likeness (QED) is 0.733. The summed E-state index contributed by atoms with van der Waals surface area (Å²) >= 11 is 0. The topological polar surface area (TPSA) is 113 Å². The second kappa shape index (κ2) is 9.45. The van der Waals surface area contributed by atoms with Gasteiger partial charge in [0.1, 0.15) is 5.82 Å². The van der Waals surface area contributed by atoms with E-state index in [0.29, 0.717) is 31.5 Å². The molecule has 9 heteroatoms. The van der Waals surface area contributed by atoms with Crippen LogP contribution < -0.4 is 16.0 Å². The molecule has 3 N–H and O–H groups in total.